The monoisotopic (exact) mass is 517 g/mol. The molecule has 1 aliphatic heterocycles. The van der Waals surface area contributed by atoms with E-state index in [0.29, 0.717) is 18.8 Å². The third kappa shape index (κ3) is 5.09. The van der Waals surface area contributed by atoms with Crippen LogP contribution in [-0.2, 0) is 10.3 Å². The van der Waals surface area contributed by atoms with Gasteiger partial charge in [-0.1, -0.05) is 54.6 Å². The van der Waals surface area contributed by atoms with Crippen LogP contribution < -0.4 is 10.6 Å². The van der Waals surface area contributed by atoms with E-state index in [1.165, 1.54) is 12.0 Å². The Morgan fingerprint density at radius 3 is 2.29 bits per heavy atom. The Morgan fingerprint density at radius 2 is 1.66 bits per heavy atom. The average molecular weight is 518 g/mol. The number of nitrogens with zero attached hydrogens (tertiary/aromatic N) is 3. The fraction of sp³-hybridized carbons (Fsp3) is 0.300. The van der Waals surface area contributed by atoms with Crippen LogP contribution in [0, 0.1) is 0 Å². The van der Waals surface area contributed by atoms with Gasteiger partial charge in [-0.3, -0.25) is 4.79 Å². The molecule has 0 spiro atoms. The zero-order valence-corrected chi connectivity index (χ0v) is 21.1. The zero-order valence-electron chi connectivity index (χ0n) is 21.1. The summed E-state index contributed by atoms with van der Waals surface area (Å²) in [5, 5.41) is 7.69. The minimum Gasteiger partial charge on any atom is -0.483 e. The van der Waals surface area contributed by atoms with Gasteiger partial charge >= 0.3 is 0 Å². The zero-order chi connectivity index (χ0) is 26.8. The molecule has 1 aliphatic carbocycles. The van der Waals surface area contributed by atoms with E-state index in [2.05, 4.69) is 53.2 Å². The maximum Gasteiger partial charge on any atom is 0.290 e. The second kappa shape index (κ2) is 10.5. The van der Waals surface area contributed by atoms with Crippen molar-refractivity contribution < 1.29 is 24.4 Å². The predicted molar refractivity (Wildman–Crippen MR) is 144 cm³/mol. The third-order valence-corrected chi connectivity index (χ3v) is 7.58. The number of quaternary nitrogens is 1. The number of hydrogen-bond donors (Lipinski definition) is 2. The van der Waals surface area contributed by atoms with Crippen molar-refractivity contribution in [2.75, 3.05) is 18.0 Å². The Labute approximate surface area is 220 Å². The van der Waals surface area contributed by atoms with Crippen molar-refractivity contribution in [3.63, 3.8) is 0 Å². The van der Waals surface area contributed by atoms with Gasteiger partial charge in [-0.25, -0.2) is 18.7 Å². The first kappa shape index (κ1) is 25.7. The number of piperidine rings is 1. The topological polar surface area (TPSA) is 94.0 Å². The van der Waals surface area contributed by atoms with Crippen LogP contribution >= 0.6 is 0 Å². The smallest absolute Gasteiger partial charge is 0.290 e. The number of aromatic nitrogens is 2. The van der Waals surface area contributed by atoms with E-state index in [0.717, 1.165) is 46.1 Å². The van der Waals surface area contributed by atoms with Crippen LogP contribution in [0.5, 0.6) is 0 Å². The maximum absolute atomic E-state index is 14.2. The van der Waals surface area contributed by atoms with Crippen molar-refractivity contribution in [3.05, 3.63) is 78.5 Å². The van der Waals surface area contributed by atoms with E-state index in [4.69, 9.17) is 14.9 Å². The first-order valence-corrected chi connectivity index (χ1v) is 12.9. The standard InChI is InChI=1S/C29H28F2N4.CH2O2/c30-29(31)15-5-17-35(19-29)27-24-18-23(20-6-2-1-3-7-20)26(34-25(24)12-16-33-27)21-8-10-22(11-9-21)28(32)13-4-14-28;2-1-3/h1-3,6-12,16,18H,4-5,13-15,17,19,32H2;1H,(H,2,3)/p+1. The molecule has 0 amide bonds. The predicted octanol–water partition coefficient (Wildman–Crippen LogP) is 5.52. The summed E-state index contributed by atoms with van der Waals surface area (Å²) in [6.07, 6.45) is 5.53. The van der Waals surface area contributed by atoms with Crippen molar-refractivity contribution in [2.45, 2.75) is 43.6 Å². The molecular formula is C30H31F2N4O2+. The molecule has 3 heterocycles. The van der Waals surface area contributed by atoms with Gasteiger partial charge in [0.05, 0.1) is 17.8 Å². The molecule has 1 saturated carbocycles. The molecule has 0 atom stereocenters. The number of pyridine rings is 2. The lowest BCUT2D eigenvalue weighted by atomic mass is 9.72. The Hall–Kier alpha value is -3.91. The van der Waals surface area contributed by atoms with E-state index in [9.17, 15) is 8.78 Å². The van der Waals surface area contributed by atoms with E-state index in [1.54, 1.807) is 11.1 Å². The summed E-state index contributed by atoms with van der Waals surface area (Å²) in [5.41, 5.74) is 10.4. The lowest BCUT2D eigenvalue weighted by Crippen LogP contribution is -2.73. The quantitative estimate of drug-likeness (QED) is 0.348. The highest BCUT2D eigenvalue weighted by molar-refractivity contribution is 5.97. The molecule has 0 radical (unpaired) electrons. The summed E-state index contributed by atoms with van der Waals surface area (Å²) >= 11 is 0. The Kier molecular flexibility index (Phi) is 7.08. The van der Waals surface area contributed by atoms with Gasteiger partial charge in [-0.05, 0) is 30.5 Å². The summed E-state index contributed by atoms with van der Waals surface area (Å²) < 4.78 is 28.5. The van der Waals surface area contributed by atoms with Crippen LogP contribution in [0.1, 0.15) is 37.7 Å². The van der Waals surface area contributed by atoms with Crippen LogP contribution in [0.3, 0.4) is 0 Å². The summed E-state index contributed by atoms with van der Waals surface area (Å²) in [5.74, 6) is -2.12. The number of hydrogen-bond acceptors (Lipinski definition) is 4. The van der Waals surface area contributed by atoms with E-state index >= 15 is 0 Å². The lowest BCUT2D eigenvalue weighted by Gasteiger charge is -2.34. The molecular weight excluding hydrogens is 486 g/mol. The summed E-state index contributed by atoms with van der Waals surface area (Å²) in [7, 11) is 0. The van der Waals surface area contributed by atoms with Crippen LogP contribution in [-0.4, -0.2) is 40.6 Å². The molecule has 4 N–H and O–H groups in total. The van der Waals surface area contributed by atoms with Crippen LogP contribution in [0.25, 0.3) is 33.3 Å². The van der Waals surface area contributed by atoms with Crippen LogP contribution in [0.15, 0.2) is 72.9 Å². The molecule has 2 fully saturated rings. The highest BCUT2D eigenvalue weighted by Crippen LogP contribution is 2.40. The number of fused-ring (bicyclic) bond motifs is 1. The van der Waals surface area contributed by atoms with Crippen molar-refractivity contribution in [2.24, 2.45) is 0 Å². The minimum atomic E-state index is -2.70. The molecule has 196 valence electrons. The minimum absolute atomic E-state index is 0.0364. The van der Waals surface area contributed by atoms with Gasteiger partial charge in [-0.15, -0.1) is 0 Å². The maximum atomic E-state index is 14.2. The largest absolute Gasteiger partial charge is 0.483 e. The van der Waals surface area contributed by atoms with Crippen LogP contribution in [0.4, 0.5) is 14.6 Å². The number of carboxylic acid groups (broad SMARTS) is 1. The molecule has 2 aromatic carbocycles. The van der Waals surface area contributed by atoms with Gasteiger partial charge in [0.1, 0.15) is 11.4 Å². The second-order valence-corrected chi connectivity index (χ2v) is 10.1. The average Bonchev–Trinajstić information content (AvgIpc) is 2.91. The number of alkyl halides is 2. The number of carbonyl (C=O) groups is 1. The summed E-state index contributed by atoms with van der Waals surface area (Å²) in [6, 6.07) is 22.7. The fourth-order valence-electron chi connectivity index (χ4n) is 5.41. The van der Waals surface area contributed by atoms with Crippen molar-refractivity contribution in [3.8, 4) is 22.4 Å². The Balaban J connectivity index is 0.000000937. The van der Waals surface area contributed by atoms with Gasteiger partial charge in [-0.2, -0.15) is 0 Å². The molecule has 6 nitrogen and oxygen atoms in total. The van der Waals surface area contributed by atoms with E-state index in [-0.39, 0.29) is 25.0 Å². The van der Waals surface area contributed by atoms with Gasteiger partial charge < -0.3 is 15.7 Å². The molecule has 0 bridgehead atoms. The SMILES string of the molecule is O=CO.[NH3+]C1(c2ccc(-c3nc4ccnc(N5CCCC(F)(F)C5)c4cc3-c3ccccc3)cc2)CCC1. The molecule has 38 heavy (non-hydrogen) atoms. The van der Waals surface area contributed by atoms with Crippen LogP contribution in [0.2, 0.25) is 0 Å². The molecule has 1 saturated heterocycles. The number of halogens is 2. The lowest BCUT2D eigenvalue weighted by molar-refractivity contribution is -0.509. The molecule has 6 rings (SSSR count). The van der Waals surface area contributed by atoms with Gasteiger partial charge in [0.2, 0.25) is 0 Å². The number of rotatable bonds is 4. The van der Waals surface area contributed by atoms with Gasteiger partial charge in [0, 0.05) is 54.1 Å². The normalized spacial score (nSPS) is 17.7. The molecule has 0 unspecified atom stereocenters. The number of anilines is 1. The molecule has 2 aliphatic rings. The highest BCUT2D eigenvalue weighted by atomic mass is 19.3. The first-order valence-electron chi connectivity index (χ1n) is 12.9. The fourth-order valence-corrected chi connectivity index (χ4v) is 5.41. The summed E-state index contributed by atoms with van der Waals surface area (Å²) in [4.78, 5) is 19.7. The van der Waals surface area contributed by atoms with Crippen molar-refractivity contribution >= 4 is 23.2 Å². The number of benzene rings is 2. The van der Waals surface area contributed by atoms with E-state index in [1.807, 2.05) is 24.3 Å². The molecule has 4 aromatic rings. The van der Waals surface area contributed by atoms with E-state index < -0.39 is 5.92 Å². The van der Waals surface area contributed by atoms with Gasteiger partial charge in [0.15, 0.2) is 0 Å². The highest BCUT2D eigenvalue weighted by Gasteiger charge is 2.38. The van der Waals surface area contributed by atoms with Crippen molar-refractivity contribution in [1.82, 2.24) is 9.97 Å². The first-order chi connectivity index (χ1) is 18.3. The van der Waals surface area contributed by atoms with Gasteiger partial charge in [0.25, 0.3) is 12.4 Å². The van der Waals surface area contributed by atoms with Crippen molar-refractivity contribution in [1.29, 1.82) is 0 Å². The second-order valence-electron chi connectivity index (χ2n) is 10.1. The summed E-state index contributed by atoms with van der Waals surface area (Å²) in [6.45, 7) is 0.00813. The molecule has 8 heteroatoms. The Morgan fingerprint density at radius 1 is 0.947 bits per heavy atom. The Bertz CT molecular complexity index is 1420. The third-order valence-electron chi connectivity index (χ3n) is 7.58. The molecule has 2 aromatic heterocycles.